The van der Waals surface area contributed by atoms with Crippen LogP contribution in [0.25, 0.3) is 11.6 Å². The van der Waals surface area contributed by atoms with Crippen molar-refractivity contribution >= 4 is 29.3 Å². The molecule has 0 radical (unpaired) electrons. The van der Waals surface area contributed by atoms with Gasteiger partial charge in [0.25, 0.3) is 5.91 Å². The van der Waals surface area contributed by atoms with E-state index in [1.807, 2.05) is 68.5 Å². The molecule has 0 bridgehead atoms. The molecule has 1 N–H and O–H groups in total. The van der Waals surface area contributed by atoms with E-state index >= 15 is 0 Å². The van der Waals surface area contributed by atoms with Crippen LogP contribution in [0.1, 0.15) is 40.9 Å². The molecule has 140 valence electrons. The number of hydrogen-bond donors (Lipinski definition) is 1. The van der Waals surface area contributed by atoms with E-state index in [0.717, 1.165) is 26.5 Å². The predicted octanol–water partition coefficient (Wildman–Crippen LogP) is 6.02. The van der Waals surface area contributed by atoms with Crippen molar-refractivity contribution in [2.45, 2.75) is 29.7 Å². The fourth-order valence-electron chi connectivity index (χ4n) is 3.27. The molecule has 0 aromatic heterocycles. The van der Waals surface area contributed by atoms with E-state index < -0.39 is 0 Å². The van der Waals surface area contributed by atoms with Gasteiger partial charge in [0.05, 0.1) is 0 Å². The van der Waals surface area contributed by atoms with E-state index in [2.05, 4.69) is 5.32 Å². The van der Waals surface area contributed by atoms with Crippen molar-refractivity contribution in [3.05, 3.63) is 94.8 Å². The maximum absolute atomic E-state index is 14.6. The highest BCUT2D eigenvalue weighted by Gasteiger charge is 2.20. The lowest BCUT2D eigenvalue weighted by atomic mass is 9.95. The van der Waals surface area contributed by atoms with Crippen LogP contribution in [0.3, 0.4) is 0 Å². The van der Waals surface area contributed by atoms with Crippen LogP contribution in [0.4, 0.5) is 4.39 Å². The highest BCUT2D eigenvalue weighted by atomic mass is 32.2. The Balaban J connectivity index is 1.89. The summed E-state index contributed by atoms with van der Waals surface area (Å²) in [6, 6.07) is 20.6. The zero-order chi connectivity index (χ0) is 19.7. The summed E-state index contributed by atoms with van der Waals surface area (Å²) in [5.74, 6) is -0.365. The van der Waals surface area contributed by atoms with E-state index in [1.165, 1.54) is 6.07 Å². The molecule has 2 nitrogen and oxygen atoms in total. The van der Waals surface area contributed by atoms with E-state index in [9.17, 15) is 9.18 Å². The first-order valence-corrected chi connectivity index (χ1v) is 10.0. The third-order valence-electron chi connectivity index (χ3n) is 4.55. The van der Waals surface area contributed by atoms with Gasteiger partial charge in [-0.3, -0.25) is 4.79 Å². The molecule has 28 heavy (non-hydrogen) atoms. The highest BCUT2D eigenvalue weighted by molar-refractivity contribution is 7.99. The monoisotopic (exact) mass is 389 g/mol. The quantitative estimate of drug-likeness (QED) is 0.464. The molecule has 0 atom stereocenters. The van der Waals surface area contributed by atoms with Gasteiger partial charge in [-0.1, -0.05) is 48.2 Å². The largest absolute Gasteiger partial charge is 0.350 e. The molecule has 0 unspecified atom stereocenters. The van der Waals surface area contributed by atoms with Crippen molar-refractivity contribution in [2.24, 2.45) is 0 Å². The topological polar surface area (TPSA) is 29.1 Å². The van der Waals surface area contributed by atoms with Crippen LogP contribution in [-0.4, -0.2) is 11.9 Å². The van der Waals surface area contributed by atoms with Gasteiger partial charge in [-0.05, 0) is 67.0 Å². The smallest absolute Gasteiger partial charge is 0.251 e. The summed E-state index contributed by atoms with van der Waals surface area (Å²) in [5, 5.41) is 2.92. The molecule has 0 saturated heterocycles. The summed E-state index contributed by atoms with van der Waals surface area (Å²) in [5.41, 5.74) is 3.88. The van der Waals surface area contributed by atoms with Crippen molar-refractivity contribution in [3.63, 3.8) is 0 Å². The Morgan fingerprint density at radius 3 is 2.39 bits per heavy atom. The summed E-state index contributed by atoms with van der Waals surface area (Å²) >= 11 is 1.64. The molecular weight excluding hydrogens is 369 g/mol. The number of nitrogens with one attached hydrogen (secondary N) is 1. The first-order chi connectivity index (χ1) is 13.5. The van der Waals surface area contributed by atoms with Crippen molar-refractivity contribution in [3.8, 4) is 0 Å². The zero-order valence-corrected chi connectivity index (χ0v) is 16.5. The predicted molar refractivity (Wildman–Crippen MR) is 113 cm³/mol. The SMILES string of the molecule is CC(C)NC(=O)c1ccc2c(c1)C=C(c1ccccc1F)c1ccccc1S2. The number of benzene rings is 3. The Labute approximate surface area is 168 Å². The molecular formula is C24H20FNOS. The van der Waals surface area contributed by atoms with Gasteiger partial charge in [0.1, 0.15) is 5.82 Å². The normalized spacial score (nSPS) is 12.6. The van der Waals surface area contributed by atoms with Crippen LogP contribution in [-0.2, 0) is 0 Å². The Hall–Kier alpha value is -2.85. The van der Waals surface area contributed by atoms with Crippen molar-refractivity contribution < 1.29 is 9.18 Å². The fraction of sp³-hybridized carbons (Fsp3) is 0.125. The van der Waals surface area contributed by atoms with Gasteiger partial charge in [0, 0.05) is 27.0 Å². The van der Waals surface area contributed by atoms with Gasteiger partial charge in [0.2, 0.25) is 0 Å². The minimum absolute atomic E-state index is 0.0643. The molecule has 1 heterocycles. The lowest BCUT2D eigenvalue weighted by molar-refractivity contribution is 0.0943. The number of halogens is 1. The number of amides is 1. The maximum atomic E-state index is 14.6. The molecule has 0 aliphatic carbocycles. The Bertz CT molecular complexity index is 1090. The molecule has 3 aromatic carbocycles. The Morgan fingerprint density at radius 1 is 0.929 bits per heavy atom. The van der Waals surface area contributed by atoms with Crippen LogP contribution >= 0.6 is 11.8 Å². The second-order valence-electron chi connectivity index (χ2n) is 7.02. The van der Waals surface area contributed by atoms with Crippen molar-refractivity contribution in [1.82, 2.24) is 5.32 Å². The highest BCUT2D eigenvalue weighted by Crippen LogP contribution is 2.43. The van der Waals surface area contributed by atoms with Crippen LogP contribution in [0.5, 0.6) is 0 Å². The van der Waals surface area contributed by atoms with Crippen LogP contribution in [0.2, 0.25) is 0 Å². The van der Waals surface area contributed by atoms with Crippen LogP contribution in [0.15, 0.2) is 76.5 Å². The van der Waals surface area contributed by atoms with Gasteiger partial charge in [-0.15, -0.1) is 0 Å². The number of fused-ring (bicyclic) bond motifs is 2. The maximum Gasteiger partial charge on any atom is 0.251 e. The third-order valence-corrected chi connectivity index (χ3v) is 5.72. The third kappa shape index (κ3) is 3.60. The van der Waals surface area contributed by atoms with Gasteiger partial charge in [0.15, 0.2) is 0 Å². The van der Waals surface area contributed by atoms with Gasteiger partial charge in [-0.2, -0.15) is 0 Å². The number of carbonyl (C=O) groups excluding carboxylic acids is 1. The summed E-state index contributed by atoms with van der Waals surface area (Å²) in [6.45, 7) is 3.87. The van der Waals surface area contributed by atoms with Crippen molar-refractivity contribution in [1.29, 1.82) is 0 Å². The fourth-order valence-corrected chi connectivity index (χ4v) is 4.32. The summed E-state index contributed by atoms with van der Waals surface area (Å²) in [4.78, 5) is 14.6. The van der Waals surface area contributed by atoms with E-state index in [4.69, 9.17) is 0 Å². The van der Waals surface area contributed by atoms with E-state index in [1.54, 1.807) is 23.9 Å². The van der Waals surface area contributed by atoms with Gasteiger partial charge in [-0.25, -0.2) is 4.39 Å². The lowest BCUT2D eigenvalue weighted by Crippen LogP contribution is -2.30. The first-order valence-electron chi connectivity index (χ1n) is 9.21. The number of rotatable bonds is 3. The standard InChI is InChI=1S/C24H20FNOS/c1-15(2)26-24(27)16-11-12-22-17(13-16)14-20(18-7-3-5-9-21(18)25)19-8-4-6-10-23(19)28-22/h3-15H,1-2H3,(H,26,27). The van der Waals surface area contributed by atoms with Crippen LogP contribution in [0, 0.1) is 5.82 Å². The minimum Gasteiger partial charge on any atom is -0.350 e. The average Bonchev–Trinajstić information content (AvgIpc) is 2.84. The summed E-state index contributed by atoms with van der Waals surface area (Å²) < 4.78 is 14.6. The number of carbonyl (C=O) groups is 1. The second-order valence-corrected chi connectivity index (χ2v) is 8.10. The Kier molecular flexibility index (Phi) is 5.05. The molecule has 0 saturated carbocycles. The van der Waals surface area contributed by atoms with Gasteiger partial charge < -0.3 is 5.32 Å². The minimum atomic E-state index is -0.259. The van der Waals surface area contributed by atoms with E-state index in [0.29, 0.717) is 11.1 Å². The van der Waals surface area contributed by atoms with Crippen LogP contribution < -0.4 is 5.32 Å². The Morgan fingerprint density at radius 2 is 1.64 bits per heavy atom. The zero-order valence-electron chi connectivity index (χ0n) is 15.7. The molecule has 1 aliphatic rings. The molecule has 4 rings (SSSR count). The summed E-state index contributed by atoms with van der Waals surface area (Å²) in [7, 11) is 0. The number of hydrogen-bond acceptors (Lipinski definition) is 2. The van der Waals surface area contributed by atoms with Crippen molar-refractivity contribution in [2.75, 3.05) is 0 Å². The molecule has 1 aliphatic heterocycles. The molecule has 1 amide bonds. The lowest BCUT2D eigenvalue weighted by Gasteiger charge is -2.11. The summed E-state index contributed by atoms with van der Waals surface area (Å²) in [6.07, 6.45) is 1.98. The molecule has 0 fully saturated rings. The van der Waals surface area contributed by atoms with E-state index in [-0.39, 0.29) is 17.8 Å². The molecule has 0 spiro atoms. The molecule has 4 heteroatoms. The van der Waals surface area contributed by atoms with Gasteiger partial charge >= 0.3 is 0 Å². The second kappa shape index (κ2) is 7.64. The molecule has 3 aromatic rings. The average molecular weight is 389 g/mol. The first kappa shape index (κ1) is 18.5.